The van der Waals surface area contributed by atoms with Gasteiger partial charge in [0.15, 0.2) is 0 Å². The van der Waals surface area contributed by atoms with Gasteiger partial charge in [-0.15, -0.1) is 0 Å². The fourth-order valence-electron chi connectivity index (χ4n) is 2.21. The second-order valence-corrected chi connectivity index (χ2v) is 7.04. The van der Waals surface area contributed by atoms with Gasteiger partial charge in [-0.2, -0.15) is 17.4 Å². The lowest BCUT2D eigenvalue weighted by Crippen LogP contribution is -2.41. The minimum absolute atomic E-state index is 0.0342. The maximum absolute atomic E-state index is 11.9. The van der Waals surface area contributed by atoms with E-state index >= 15 is 0 Å². The molecule has 0 aliphatic heterocycles. The van der Waals surface area contributed by atoms with E-state index in [1.165, 1.54) is 33.4 Å². The number of nitrogens with one attached hydrogen (secondary N) is 1. The lowest BCUT2D eigenvalue weighted by molar-refractivity contribution is -0.140. The molecule has 0 atom stereocenters. The summed E-state index contributed by atoms with van der Waals surface area (Å²) in [7, 11) is -0.872. The van der Waals surface area contributed by atoms with E-state index in [0.717, 1.165) is 17.1 Å². The molecule has 0 aromatic heterocycles. The van der Waals surface area contributed by atoms with Gasteiger partial charge in [-0.25, -0.2) is 0 Å². The first-order chi connectivity index (χ1) is 9.95. The number of rotatable bonds is 9. The van der Waals surface area contributed by atoms with Gasteiger partial charge < -0.3 is 9.47 Å². The van der Waals surface area contributed by atoms with E-state index in [4.69, 9.17) is 4.74 Å². The summed E-state index contributed by atoms with van der Waals surface area (Å²) in [5.74, 6) is -0.433. The molecule has 0 unspecified atom stereocenters. The zero-order valence-electron chi connectivity index (χ0n) is 12.8. The Bertz CT molecular complexity index is 407. The van der Waals surface area contributed by atoms with Crippen LogP contribution in [0.15, 0.2) is 0 Å². The Balaban J connectivity index is 2.20. The third-order valence-corrected chi connectivity index (χ3v) is 5.13. The number of ether oxygens (including phenoxy) is 2. The van der Waals surface area contributed by atoms with Gasteiger partial charge in [0.25, 0.3) is 10.2 Å². The Morgan fingerprint density at radius 1 is 1.29 bits per heavy atom. The van der Waals surface area contributed by atoms with Crippen LogP contribution in [0.4, 0.5) is 0 Å². The van der Waals surface area contributed by atoms with Crippen molar-refractivity contribution < 1.29 is 22.7 Å². The molecule has 1 saturated carbocycles. The lowest BCUT2D eigenvalue weighted by atomic mass is 9.98. The topological polar surface area (TPSA) is 84.9 Å². The highest BCUT2D eigenvalue weighted by Crippen LogP contribution is 2.19. The Kier molecular flexibility index (Phi) is 8.16. The predicted molar refractivity (Wildman–Crippen MR) is 79.0 cm³/mol. The van der Waals surface area contributed by atoms with Crippen molar-refractivity contribution >= 4 is 16.2 Å². The van der Waals surface area contributed by atoms with Crippen LogP contribution in [0.3, 0.4) is 0 Å². The highest BCUT2D eigenvalue weighted by molar-refractivity contribution is 7.87. The van der Waals surface area contributed by atoms with Crippen LogP contribution in [-0.2, 0) is 24.5 Å². The molecule has 8 heteroatoms. The van der Waals surface area contributed by atoms with Gasteiger partial charge >= 0.3 is 5.97 Å². The second-order valence-electron chi connectivity index (χ2n) is 5.18. The standard InChI is InChI=1S/C13H26N2O5S/c1-15(10-8-13(16)19-2)21(17,18)14-9-11-20-12-6-4-3-5-7-12/h12,14H,3-11H2,1-2H3. The van der Waals surface area contributed by atoms with Gasteiger partial charge in [0.05, 0.1) is 26.2 Å². The zero-order valence-corrected chi connectivity index (χ0v) is 13.7. The lowest BCUT2D eigenvalue weighted by Gasteiger charge is -2.22. The smallest absolute Gasteiger partial charge is 0.306 e. The summed E-state index contributed by atoms with van der Waals surface area (Å²) in [5, 5.41) is 0. The molecule has 0 aromatic carbocycles. The maximum atomic E-state index is 11.9. The molecular weight excluding hydrogens is 296 g/mol. The molecule has 0 spiro atoms. The van der Waals surface area contributed by atoms with Crippen molar-refractivity contribution in [2.24, 2.45) is 0 Å². The molecule has 1 fully saturated rings. The summed E-state index contributed by atoms with van der Waals surface area (Å²) in [6.45, 7) is 0.696. The number of nitrogens with zero attached hydrogens (tertiary/aromatic N) is 1. The van der Waals surface area contributed by atoms with Crippen molar-refractivity contribution in [1.82, 2.24) is 9.03 Å². The molecule has 0 bridgehead atoms. The molecule has 0 heterocycles. The van der Waals surface area contributed by atoms with Crippen molar-refractivity contribution in [3.63, 3.8) is 0 Å². The SMILES string of the molecule is COC(=O)CCN(C)S(=O)(=O)NCCOC1CCCCC1. The van der Waals surface area contributed by atoms with E-state index in [1.807, 2.05) is 0 Å². The van der Waals surface area contributed by atoms with Crippen LogP contribution < -0.4 is 4.72 Å². The van der Waals surface area contributed by atoms with Crippen LogP contribution in [0.1, 0.15) is 38.5 Å². The van der Waals surface area contributed by atoms with E-state index in [1.54, 1.807) is 0 Å². The van der Waals surface area contributed by atoms with Crippen LogP contribution in [0.5, 0.6) is 0 Å². The van der Waals surface area contributed by atoms with Crippen LogP contribution in [0.2, 0.25) is 0 Å². The Morgan fingerprint density at radius 2 is 1.95 bits per heavy atom. The average molecular weight is 322 g/mol. The van der Waals surface area contributed by atoms with E-state index in [0.29, 0.717) is 6.61 Å². The molecule has 1 aliphatic rings. The summed E-state index contributed by atoms with van der Waals surface area (Å²) in [5.41, 5.74) is 0. The van der Waals surface area contributed by atoms with Crippen LogP contribution in [0, 0.1) is 0 Å². The molecule has 1 aliphatic carbocycles. The minimum Gasteiger partial charge on any atom is -0.469 e. The van der Waals surface area contributed by atoms with E-state index < -0.39 is 16.2 Å². The van der Waals surface area contributed by atoms with Crippen molar-refractivity contribution in [1.29, 1.82) is 0 Å². The summed E-state index contributed by atoms with van der Waals surface area (Å²) >= 11 is 0. The first-order valence-corrected chi connectivity index (χ1v) is 8.79. The Morgan fingerprint density at radius 3 is 2.57 bits per heavy atom. The molecule has 0 aromatic rings. The quantitative estimate of drug-likeness (QED) is 0.498. The van der Waals surface area contributed by atoms with Gasteiger partial charge in [-0.05, 0) is 12.8 Å². The molecule has 1 N–H and O–H groups in total. The summed E-state index contributed by atoms with van der Waals surface area (Å²) in [6, 6.07) is 0. The van der Waals surface area contributed by atoms with Crippen molar-refractivity contribution in [2.75, 3.05) is 33.9 Å². The fourth-order valence-corrected chi connectivity index (χ4v) is 3.10. The highest BCUT2D eigenvalue weighted by atomic mass is 32.2. The molecule has 0 saturated heterocycles. The molecule has 0 amide bonds. The van der Waals surface area contributed by atoms with E-state index in [2.05, 4.69) is 9.46 Å². The molecule has 1 rings (SSSR count). The maximum Gasteiger partial charge on any atom is 0.306 e. The van der Waals surface area contributed by atoms with Crippen molar-refractivity contribution in [3.8, 4) is 0 Å². The monoisotopic (exact) mass is 322 g/mol. The van der Waals surface area contributed by atoms with Gasteiger partial charge in [-0.1, -0.05) is 19.3 Å². The van der Waals surface area contributed by atoms with Gasteiger partial charge in [0, 0.05) is 20.1 Å². The minimum atomic E-state index is -3.57. The molecule has 21 heavy (non-hydrogen) atoms. The largest absolute Gasteiger partial charge is 0.469 e. The summed E-state index contributed by atoms with van der Waals surface area (Å²) in [6.07, 6.45) is 6.06. The third kappa shape index (κ3) is 7.21. The second kappa shape index (κ2) is 9.34. The average Bonchev–Trinajstić information content (AvgIpc) is 2.49. The van der Waals surface area contributed by atoms with Crippen LogP contribution in [0.25, 0.3) is 0 Å². The Hall–Kier alpha value is -0.700. The summed E-state index contributed by atoms with van der Waals surface area (Å²) < 4.78 is 37.5. The molecular formula is C13H26N2O5S. The molecule has 7 nitrogen and oxygen atoms in total. The highest BCUT2D eigenvalue weighted by Gasteiger charge is 2.18. The van der Waals surface area contributed by atoms with Crippen molar-refractivity contribution in [3.05, 3.63) is 0 Å². The normalized spacial score (nSPS) is 17.1. The number of methoxy groups -OCH3 is 1. The van der Waals surface area contributed by atoms with Crippen LogP contribution >= 0.6 is 0 Å². The number of hydrogen-bond acceptors (Lipinski definition) is 5. The van der Waals surface area contributed by atoms with Crippen molar-refractivity contribution in [2.45, 2.75) is 44.6 Å². The predicted octanol–water partition coefficient (Wildman–Crippen LogP) is 0.665. The Labute approximate surface area is 127 Å². The first-order valence-electron chi connectivity index (χ1n) is 7.35. The number of carbonyl (C=O) groups is 1. The first kappa shape index (κ1) is 18.3. The summed E-state index contributed by atoms with van der Waals surface area (Å²) in [4.78, 5) is 11.0. The van der Waals surface area contributed by atoms with Crippen LogP contribution in [-0.4, -0.2) is 58.7 Å². The van der Waals surface area contributed by atoms with Gasteiger partial charge in [-0.3, -0.25) is 4.79 Å². The number of carbonyl (C=O) groups excluding carboxylic acids is 1. The van der Waals surface area contributed by atoms with Gasteiger partial charge in [0.2, 0.25) is 0 Å². The fraction of sp³-hybridized carbons (Fsp3) is 0.923. The molecule has 124 valence electrons. The van der Waals surface area contributed by atoms with Gasteiger partial charge in [0.1, 0.15) is 0 Å². The van der Waals surface area contributed by atoms with E-state index in [9.17, 15) is 13.2 Å². The number of hydrogen-bond donors (Lipinski definition) is 1. The molecule has 0 radical (unpaired) electrons. The zero-order chi connectivity index (χ0) is 15.7. The van der Waals surface area contributed by atoms with E-state index in [-0.39, 0.29) is 25.6 Å². The third-order valence-electron chi connectivity index (χ3n) is 3.56. The number of esters is 1.